The summed E-state index contributed by atoms with van der Waals surface area (Å²) >= 11 is 1.47. The van der Waals surface area contributed by atoms with Gasteiger partial charge in [0.1, 0.15) is 0 Å². The third-order valence-electron chi connectivity index (χ3n) is 4.56. The Labute approximate surface area is 149 Å². The quantitative estimate of drug-likeness (QED) is 0.169. The Morgan fingerprint density at radius 3 is 0.857 bits per heavy atom. The van der Waals surface area contributed by atoms with Crippen LogP contribution in [0.4, 0.5) is 0 Å². The van der Waals surface area contributed by atoms with E-state index in [0.717, 1.165) is 0 Å². The van der Waals surface area contributed by atoms with Gasteiger partial charge in [0.05, 0.1) is 0 Å². The van der Waals surface area contributed by atoms with Crippen molar-refractivity contribution in [2.24, 2.45) is 0 Å². The molecule has 1 heteroatoms. The molecule has 0 aliphatic carbocycles. The Hall–Kier alpha value is 0.818. The molecule has 0 radical (unpaired) electrons. The van der Waals surface area contributed by atoms with E-state index in [4.69, 9.17) is 0 Å². The molecule has 0 bridgehead atoms. The van der Waals surface area contributed by atoms with Gasteiger partial charge in [-0.25, -0.2) is 0 Å². The van der Waals surface area contributed by atoms with Gasteiger partial charge < -0.3 is 0 Å². The van der Waals surface area contributed by atoms with Crippen molar-refractivity contribution < 1.29 is 0 Å². The van der Waals surface area contributed by atoms with Gasteiger partial charge in [-0.2, -0.15) is 0 Å². The van der Waals surface area contributed by atoms with Crippen molar-refractivity contribution >= 4 is 23.0 Å². The summed E-state index contributed by atoms with van der Waals surface area (Å²) < 4.78 is 1.50. The van der Waals surface area contributed by atoms with E-state index in [2.05, 4.69) is 6.92 Å². The Kier molecular flexibility index (Phi) is 21.6. The van der Waals surface area contributed by atoms with Crippen molar-refractivity contribution in [3.63, 3.8) is 0 Å². The standard InChI is InChI=1S/C20H41.Sb.2H/c1-3-5-7-9-11-13-15-17-19-20-18-16-14-12-10-8-6-4-2;;;/h1,3-20H2,2H3;;;. The summed E-state index contributed by atoms with van der Waals surface area (Å²) in [5.74, 6) is 0. The molecule has 0 nitrogen and oxygen atoms in total. The first-order chi connectivity index (χ1) is 10.4. The number of rotatable bonds is 18. The van der Waals surface area contributed by atoms with Gasteiger partial charge in [0.25, 0.3) is 0 Å². The summed E-state index contributed by atoms with van der Waals surface area (Å²) in [5, 5.41) is 0. The molecule has 0 aromatic heterocycles. The fourth-order valence-electron chi connectivity index (χ4n) is 3.05. The van der Waals surface area contributed by atoms with Crippen LogP contribution in [0, 0.1) is 0 Å². The molecule has 0 unspecified atom stereocenters. The summed E-state index contributed by atoms with van der Waals surface area (Å²) in [4.78, 5) is 0. The molecule has 0 aromatic rings. The summed E-state index contributed by atoms with van der Waals surface area (Å²) in [5.41, 5.74) is 0. The second-order valence-electron chi connectivity index (χ2n) is 6.80. The van der Waals surface area contributed by atoms with Gasteiger partial charge in [-0.1, -0.05) is 51.9 Å². The Bertz CT molecular complexity index is 149. The summed E-state index contributed by atoms with van der Waals surface area (Å²) in [6.45, 7) is 2.30. The third-order valence-corrected chi connectivity index (χ3v) is 5.72. The van der Waals surface area contributed by atoms with Gasteiger partial charge in [0.2, 0.25) is 0 Å². The first-order valence-electron chi connectivity index (χ1n) is 10.1. The second kappa shape index (κ2) is 20.8. The normalized spacial score (nSPS) is 11.1. The van der Waals surface area contributed by atoms with Crippen LogP contribution in [-0.2, 0) is 0 Å². The van der Waals surface area contributed by atoms with E-state index in [1.165, 1.54) is 143 Å². The van der Waals surface area contributed by atoms with Gasteiger partial charge in [-0.15, -0.1) is 0 Å². The molecule has 0 heterocycles. The molecule has 0 saturated carbocycles. The van der Waals surface area contributed by atoms with Crippen LogP contribution in [-0.4, -0.2) is 23.0 Å². The Balaban J connectivity index is 2.90. The minimum absolute atomic E-state index is 1.38. The molecule has 0 atom stereocenters. The molecule has 0 amide bonds. The molecule has 0 spiro atoms. The van der Waals surface area contributed by atoms with Crippen LogP contribution in [0.15, 0.2) is 0 Å². The van der Waals surface area contributed by atoms with Crippen molar-refractivity contribution in [2.75, 3.05) is 0 Å². The topological polar surface area (TPSA) is 0 Å². The van der Waals surface area contributed by atoms with Crippen LogP contribution >= 0.6 is 0 Å². The summed E-state index contributed by atoms with van der Waals surface area (Å²) in [6, 6.07) is 0. The van der Waals surface area contributed by atoms with E-state index in [9.17, 15) is 0 Å². The van der Waals surface area contributed by atoms with Gasteiger partial charge in [0, 0.05) is 0 Å². The Morgan fingerprint density at radius 2 is 0.619 bits per heavy atom. The average Bonchev–Trinajstić information content (AvgIpc) is 2.50. The number of hydrogen-bond donors (Lipinski definition) is 0. The van der Waals surface area contributed by atoms with E-state index in [1.54, 1.807) is 0 Å². The van der Waals surface area contributed by atoms with Crippen molar-refractivity contribution in [1.82, 2.24) is 0 Å². The first-order valence-corrected chi connectivity index (χ1v) is 12.4. The van der Waals surface area contributed by atoms with E-state index in [-0.39, 0.29) is 0 Å². The van der Waals surface area contributed by atoms with Crippen LogP contribution in [0.5, 0.6) is 0 Å². The SMILES string of the molecule is CCCCCCCCCCCCCCCCCCC[CH2][SbH2]. The maximum atomic E-state index is 2.30. The van der Waals surface area contributed by atoms with E-state index in [1.807, 2.05) is 0 Å². The van der Waals surface area contributed by atoms with Crippen molar-refractivity contribution in [3.05, 3.63) is 0 Å². The van der Waals surface area contributed by atoms with Gasteiger partial charge in [-0.05, 0) is 0 Å². The molecular weight excluding hydrogens is 362 g/mol. The predicted molar refractivity (Wildman–Crippen MR) is 102 cm³/mol. The van der Waals surface area contributed by atoms with Crippen LogP contribution in [0.25, 0.3) is 0 Å². The van der Waals surface area contributed by atoms with Crippen LogP contribution < -0.4 is 0 Å². The zero-order valence-corrected chi connectivity index (χ0v) is 18.3. The van der Waals surface area contributed by atoms with Crippen LogP contribution in [0.2, 0.25) is 4.37 Å². The average molecular weight is 405 g/mol. The summed E-state index contributed by atoms with van der Waals surface area (Å²) in [6.07, 6.45) is 26.7. The van der Waals surface area contributed by atoms with Crippen molar-refractivity contribution in [2.45, 2.75) is 127 Å². The van der Waals surface area contributed by atoms with Gasteiger partial charge in [0.15, 0.2) is 0 Å². The molecule has 21 heavy (non-hydrogen) atoms. The van der Waals surface area contributed by atoms with E-state index < -0.39 is 0 Å². The first kappa shape index (κ1) is 21.8. The molecule has 0 aromatic carbocycles. The van der Waals surface area contributed by atoms with Crippen molar-refractivity contribution in [3.8, 4) is 0 Å². The fraction of sp³-hybridized carbons (Fsp3) is 1.00. The van der Waals surface area contributed by atoms with Crippen LogP contribution in [0.1, 0.15) is 122 Å². The minimum atomic E-state index is 1.38. The van der Waals surface area contributed by atoms with E-state index in [0.29, 0.717) is 0 Å². The molecule has 0 aliphatic rings. The molecule has 0 fully saturated rings. The summed E-state index contributed by atoms with van der Waals surface area (Å²) in [7, 11) is 0. The fourth-order valence-corrected chi connectivity index (χ4v) is 3.87. The van der Waals surface area contributed by atoms with E-state index >= 15 is 0 Å². The number of unbranched alkanes of at least 4 members (excludes halogenated alkanes) is 17. The molecular formula is C20H43Sb. The van der Waals surface area contributed by atoms with Gasteiger partial charge >= 0.3 is 98.0 Å². The predicted octanol–water partition coefficient (Wildman–Crippen LogP) is 7.08. The molecule has 128 valence electrons. The number of hydrogen-bond acceptors (Lipinski definition) is 0. The monoisotopic (exact) mass is 404 g/mol. The zero-order valence-electron chi connectivity index (χ0n) is 15.0. The molecule has 0 rings (SSSR count). The van der Waals surface area contributed by atoms with Gasteiger partial charge in [-0.3, -0.25) is 0 Å². The second-order valence-corrected chi connectivity index (χ2v) is 8.45. The molecule has 0 saturated heterocycles. The maximum absolute atomic E-state index is 2.30. The zero-order chi connectivity index (χ0) is 15.4. The Morgan fingerprint density at radius 1 is 0.381 bits per heavy atom. The molecule has 0 aliphatic heterocycles. The third kappa shape index (κ3) is 20.8. The molecule has 0 N–H and O–H groups in total. The van der Waals surface area contributed by atoms with Crippen molar-refractivity contribution in [1.29, 1.82) is 0 Å². The van der Waals surface area contributed by atoms with Crippen LogP contribution in [0.3, 0.4) is 0 Å².